The van der Waals surface area contributed by atoms with Crippen LogP contribution < -0.4 is 0 Å². The van der Waals surface area contributed by atoms with Crippen molar-refractivity contribution in [2.75, 3.05) is 0 Å². The van der Waals surface area contributed by atoms with Crippen LogP contribution in [0.25, 0.3) is 263 Å². The van der Waals surface area contributed by atoms with Crippen LogP contribution in [0, 0.1) is 0 Å². The van der Waals surface area contributed by atoms with Gasteiger partial charge < -0.3 is 0 Å². The fraction of sp³-hybridized carbons (Fsp3) is 0. The van der Waals surface area contributed by atoms with Gasteiger partial charge in [-0.3, -0.25) is 0 Å². The molecular weight excluding hydrogens is 1660 g/mol. The fourth-order valence-corrected chi connectivity index (χ4v) is 22.1. The molecule has 0 heteroatoms. The zero-order valence-electron chi connectivity index (χ0n) is 76.0. The minimum absolute atomic E-state index is 1.22. The predicted octanol–water partition coefficient (Wildman–Crippen LogP) is 38.9. The molecule has 27 aromatic rings. The molecule has 0 radical (unpaired) electrons. The van der Waals surface area contributed by atoms with Crippen molar-refractivity contribution in [3.05, 3.63) is 546 Å². The van der Waals surface area contributed by atoms with E-state index in [0.717, 1.165) is 0 Å². The van der Waals surface area contributed by atoms with Crippen molar-refractivity contribution in [1.82, 2.24) is 0 Å². The molecule has 0 bridgehead atoms. The van der Waals surface area contributed by atoms with E-state index in [1.165, 1.54) is 263 Å². The van der Waals surface area contributed by atoms with E-state index >= 15 is 0 Å². The van der Waals surface area contributed by atoms with E-state index < -0.39 is 0 Å². The molecule has 0 aromatic heterocycles. The van der Waals surface area contributed by atoms with Crippen LogP contribution in [-0.2, 0) is 0 Å². The summed E-state index contributed by atoms with van der Waals surface area (Å²) in [6.45, 7) is 0. The number of hydrogen-bond acceptors (Lipinski definition) is 0. The Kier molecular flexibility index (Phi) is 21.1. The summed E-state index contributed by atoms with van der Waals surface area (Å²) >= 11 is 0. The summed E-state index contributed by atoms with van der Waals surface area (Å²) in [7, 11) is 0. The topological polar surface area (TPSA) is 0 Å². The maximum absolute atomic E-state index is 2.40. The highest BCUT2D eigenvalue weighted by molar-refractivity contribution is 6.29. The highest BCUT2D eigenvalue weighted by Gasteiger charge is 2.26. The quantitative estimate of drug-likeness (QED) is 0.107. The van der Waals surface area contributed by atoms with Crippen LogP contribution >= 0.6 is 0 Å². The molecule has 0 unspecified atom stereocenters. The molecule has 0 saturated heterocycles. The first-order chi connectivity index (χ1) is 68.5. The molecule has 27 aromatic carbocycles. The summed E-state index contributed by atoms with van der Waals surface area (Å²) in [4.78, 5) is 0. The van der Waals surface area contributed by atoms with Crippen LogP contribution in [0.2, 0.25) is 0 Å². The predicted molar refractivity (Wildman–Crippen MR) is 595 cm³/mol. The van der Waals surface area contributed by atoms with Gasteiger partial charge in [0, 0.05) is 0 Å². The van der Waals surface area contributed by atoms with Gasteiger partial charge in [-0.25, -0.2) is 0 Å². The third-order valence-corrected chi connectivity index (χ3v) is 28.3. The molecular formula is C138H90. The lowest BCUT2D eigenvalue weighted by molar-refractivity contribution is 1.61. The summed E-state index contributed by atoms with van der Waals surface area (Å²) in [5, 5.41) is 30.3. The number of rotatable bonds is 12. The van der Waals surface area contributed by atoms with Crippen LogP contribution in [0.15, 0.2) is 546 Å². The molecule has 0 spiro atoms. The first-order valence-corrected chi connectivity index (χ1v) is 47.8. The SMILES string of the molecule is c1ccc(-c2cccc(-c3c4ccccc4c(-c4cccc5cc(-c6cccc7ccccc67)ccc45)c4ccccc34)c2)cc1.c1ccc(-c2cccc(-c3c4ccccc4c(-c4cccc5ccc(-c6cccc7ccccc67)cc45)c4ccccc34)c2)cc1.c1ccc(-c2ccccc2-c2c3ccccc3c(-c3c(-c4ccc5ccccc5c4)ccc4ccccc34)c3ccccc23)cc1. The van der Waals surface area contributed by atoms with E-state index in [2.05, 4.69) is 546 Å². The molecule has 0 aliphatic carbocycles. The zero-order chi connectivity index (χ0) is 91.4. The van der Waals surface area contributed by atoms with Gasteiger partial charge in [0.05, 0.1) is 0 Å². The summed E-state index contributed by atoms with van der Waals surface area (Å²) < 4.78 is 0. The second kappa shape index (κ2) is 35.5. The molecule has 0 saturated carbocycles. The van der Waals surface area contributed by atoms with Crippen molar-refractivity contribution in [2.45, 2.75) is 0 Å². The second-order valence-electron chi connectivity index (χ2n) is 36.1. The monoisotopic (exact) mass is 1750 g/mol. The van der Waals surface area contributed by atoms with E-state index in [0.29, 0.717) is 0 Å². The molecule has 0 aliphatic rings. The molecule has 0 amide bonds. The van der Waals surface area contributed by atoms with E-state index in [9.17, 15) is 0 Å². The van der Waals surface area contributed by atoms with Gasteiger partial charge in [-0.15, -0.1) is 0 Å². The van der Waals surface area contributed by atoms with Crippen molar-refractivity contribution in [2.24, 2.45) is 0 Å². The minimum Gasteiger partial charge on any atom is -0.0622 e. The minimum atomic E-state index is 1.22. The third kappa shape index (κ3) is 14.8. The summed E-state index contributed by atoms with van der Waals surface area (Å²) in [6.07, 6.45) is 0. The van der Waals surface area contributed by atoms with Crippen LogP contribution in [0.1, 0.15) is 0 Å². The summed E-state index contributed by atoms with van der Waals surface area (Å²) in [5.41, 5.74) is 30.1. The molecule has 0 atom stereocenters. The lowest BCUT2D eigenvalue weighted by Crippen LogP contribution is -1.95. The molecule has 0 N–H and O–H groups in total. The van der Waals surface area contributed by atoms with Gasteiger partial charge >= 0.3 is 0 Å². The van der Waals surface area contributed by atoms with E-state index in [4.69, 9.17) is 0 Å². The molecule has 0 nitrogen and oxygen atoms in total. The van der Waals surface area contributed by atoms with Gasteiger partial charge in [0.25, 0.3) is 0 Å². The van der Waals surface area contributed by atoms with Crippen LogP contribution in [0.5, 0.6) is 0 Å². The van der Waals surface area contributed by atoms with Crippen molar-refractivity contribution in [1.29, 1.82) is 0 Å². The van der Waals surface area contributed by atoms with Crippen LogP contribution in [0.4, 0.5) is 0 Å². The average molecular weight is 1750 g/mol. The Morgan fingerprint density at radius 1 is 0.0725 bits per heavy atom. The summed E-state index contributed by atoms with van der Waals surface area (Å²) in [6, 6.07) is 200. The van der Waals surface area contributed by atoms with Gasteiger partial charge in [-0.05, 0) is 293 Å². The smallest absolute Gasteiger partial charge is 0.00139 e. The van der Waals surface area contributed by atoms with Crippen molar-refractivity contribution >= 4 is 129 Å². The zero-order valence-corrected chi connectivity index (χ0v) is 76.0. The van der Waals surface area contributed by atoms with Crippen molar-refractivity contribution in [3.8, 4) is 134 Å². The first kappa shape index (κ1) is 82.0. The largest absolute Gasteiger partial charge is 0.0622 e. The first-order valence-electron chi connectivity index (χ1n) is 47.8. The van der Waals surface area contributed by atoms with Gasteiger partial charge in [0.15, 0.2) is 0 Å². The van der Waals surface area contributed by atoms with Crippen molar-refractivity contribution < 1.29 is 0 Å². The third-order valence-electron chi connectivity index (χ3n) is 28.3. The molecule has 0 aliphatic heterocycles. The van der Waals surface area contributed by atoms with Gasteiger partial charge in [-0.1, -0.05) is 516 Å². The highest BCUT2D eigenvalue weighted by Crippen LogP contribution is 2.53. The lowest BCUT2D eigenvalue weighted by atomic mass is 9.81. The maximum atomic E-state index is 2.40. The Morgan fingerprint density at radius 3 is 0.804 bits per heavy atom. The van der Waals surface area contributed by atoms with Gasteiger partial charge in [-0.2, -0.15) is 0 Å². The van der Waals surface area contributed by atoms with E-state index in [1.807, 2.05) is 0 Å². The molecule has 0 heterocycles. The highest BCUT2D eigenvalue weighted by atomic mass is 14.3. The molecule has 27 rings (SSSR count). The molecule has 138 heavy (non-hydrogen) atoms. The van der Waals surface area contributed by atoms with Gasteiger partial charge in [0.1, 0.15) is 0 Å². The van der Waals surface area contributed by atoms with Crippen LogP contribution in [0.3, 0.4) is 0 Å². The molecule has 0 fully saturated rings. The standard InChI is InChI=1S/3C46H30/c1-2-13-31(14-3-1)34-18-10-19-36(29-34)45-39-21-6-8-23-41(39)46(42-24-9-7-22-40(42)45)43-26-12-17-33-27-28-35(30-44(33)43)38-25-11-16-32-15-4-5-20-37(32)38;1-2-13-31(14-3-1)33-17-10-19-36(29-33)45-41-21-6-8-23-43(41)46(44-24-9-7-22-42(44)45)40-26-12-18-34-30-35(27-28-39(34)40)38-25-11-16-32-15-4-5-20-37(32)38;1-2-15-32(16-3-1)36-19-8-9-21-39(36)44-40-22-10-12-24-42(40)46(43-25-13-11-23-41(43)44)45-37-20-7-6-17-33(37)28-29-38(45)35-27-26-31-14-4-5-18-34(31)30-35/h3*1-30H. The normalized spacial score (nSPS) is 11.5. The fourth-order valence-electron chi connectivity index (χ4n) is 22.1. The lowest BCUT2D eigenvalue weighted by Gasteiger charge is -2.22. The second-order valence-corrected chi connectivity index (χ2v) is 36.1. The Morgan fingerprint density at radius 2 is 0.333 bits per heavy atom. The number of fused-ring (bicyclic) bond motifs is 12. The van der Waals surface area contributed by atoms with Crippen LogP contribution in [-0.4, -0.2) is 0 Å². The Labute approximate surface area is 802 Å². The van der Waals surface area contributed by atoms with E-state index in [-0.39, 0.29) is 0 Å². The van der Waals surface area contributed by atoms with Crippen molar-refractivity contribution in [3.63, 3.8) is 0 Å². The maximum Gasteiger partial charge on any atom is -0.00139 e. The van der Waals surface area contributed by atoms with E-state index in [1.54, 1.807) is 0 Å². The Bertz CT molecular complexity index is 9270. The number of hydrogen-bond donors (Lipinski definition) is 0. The number of benzene rings is 27. The van der Waals surface area contributed by atoms with Gasteiger partial charge in [0.2, 0.25) is 0 Å². The average Bonchev–Trinajstić information content (AvgIpc) is 0.702. The summed E-state index contributed by atoms with van der Waals surface area (Å²) in [5.74, 6) is 0. The Hall–Kier alpha value is -17.9. The molecule has 642 valence electrons. The Balaban J connectivity index is 0.000000110.